The molecule has 0 aliphatic carbocycles. The van der Waals surface area contributed by atoms with E-state index in [0.29, 0.717) is 11.8 Å². The number of nitrogens with zero attached hydrogens (tertiary/aromatic N) is 2. The Kier molecular flexibility index (Phi) is 7.64. The molecule has 2 N–H and O–H groups in total. The van der Waals surface area contributed by atoms with Crippen molar-refractivity contribution >= 4 is 18.3 Å². The third-order valence-electron chi connectivity index (χ3n) is 5.57. The maximum absolute atomic E-state index is 13.1. The zero-order valence-electron chi connectivity index (χ0n) is 16.4. The van der Waals surface area contributed by atoms with E-state index in [0.717, 1.165) is 69.7 Å². The van der Waals surface area contributed by atoms with Crippen LogP contribution in [0.4, 0.5) is 4.39 Å². The molecule has 1 amide bonds. The summed E-state index contributed by atoms with van der Waals surface area (Å²) in [4.78, 5) is 19.1. The number of likely N-dealkylation sites (tertiary alicyclic amines) is 1. The molecule has 1 aromatic heterocycles. The highest BCUT2D eigenvalue weighted by Gasteiger charge is 2.25. The molecule has 0 radical (unpaired) electrons. The standard InChI is InChI=1S/C21H27FN4O2.ClH/c22-17-7-5-16(6-8-17)21-25-18(14-28-21)13-26-10-2-3-15(12-26)11-24-20(27)19-4-1-9-23-19;/h5-8,14-15,19,23H,1-4,9-13H2,(H,24,27);1H. The highest BCUT2D eigenvalue weighted by molar-refractivity contribution is 5.85. The maximum Gasteiger partial charge on any atom is 0.237 e. The predicted molar refractivity (Wildman–Crippen MR) is 111 cm³/mol. The van der Waals surface area contributed by atoms with E-state index in [4.69, 9.17) is 4.42 Å². The Bertz CT molecular complexity index is 792. The van der Waals surface area contributed by atoms with Crippen LogP contribution in [0.1, 0.15) is 31.4 Å². The van der Waals surface area contributed by atoms with Gasteiger partial charge in [0.15, 0.2) is 0 Å². The van der Waals surface area contributed by atoms with Crippen LogP contribution in [0, 0.1) is 11.7 Å². The summed E-state index contributed by atoms with van der Waals surface area (Å²) in [5.41, 5.74) is 1.64. The topological polar surface area (TPSA) is 70.4 Å². The Hall–Kier alpha value is -1.96. The molecule has 29 heavy (non-hydrogen) atoms. The van der Waals surface area contributed by atoms with Crippen LogP contribution >= 0.6 is 12.4 Å². The molecule has 0 saturated carbocycles. The van der Waals surface area contributed by atoms with Gasteiger partial charge in [-0.25, -0.2) is 9.37 Å². The first-order valence-electron chi connectivity index (χ1n) is 10.1. The molecule has 8 heteroatoms. The number of nitrogens with one attached hydrogen (secondary N) is 2. The first kappa shape index (κ1) is 21.7. The quantitative estimate of drug-likeness (QED) is 0.748. The molecule has 2 fully saturated rings. The number of carbonyl (C=O) groups excluding carboxylic acids is 1. The molecular formula is C21H28ClFN4O2. The monoisotopic (exact) mass is 422 g/mol. The Labute approximate surface area is 176 Å². The predicted octanol–water partition coefficient (Wildman–Crippen LogP) is 2.98. The SMILES string of the molecule is Cl.O=C(NCC1CCCN(Cc2coc(-c3ccc(F)cc3)n2)C1)C1CCCN1. The Morgan fingerprint density at radius 1 is 1.28 bits per heavy atom. The van der Waals surface area contributed by atoms with Crippen LogP contribution in [0.25, 0.3) is 11.5 Å². The lowest BCUT2D eigenvalue weighted by molar-refractivity contribution is -0.123. The summed E-state index contributed by atoms with van der Waals surface area (Å²) in [6.07, 6.45) is 5.94. The van der Waals surface area contributed by atoms with Crippen molar-refractivity contribution in [3.63, 3.8) is 0 Å². The van der Waals surface area contributed by atoms with E-state index < -0.39 is 0 Å². The minimum atomic E-state index is -0.273. The maximum atomic E-state index is 13.1. The van der Waals surface area contributed by atoms with E-state index in [2.05, 4.69) is 20.5 Å². The van der Waals surface area contributed by atoms with Crippen molar-refractivity contribution in [2.45, 2.75) is 38.3 Å². The minimum Gasteiger partial charge on any atom is -0.444 e. The van der Waals surface area contributed by atoms with Crippen molar-refractivity contribution in [1.82, 2.24) is 20.5 Å². The largest absolute Gasteiger partial charge is 0.444 e. The van der Waals surface area contributed by atoms with Crippen LogP contribution in [0.3, 0.4) is 0 Å². The fraction of sp³-hybridized carbons (Fsp3) is 0.524. The zero-order valence-corrected chi connectivity index (χ0v) is 17.2. The summed E-state index contributed by atoms with van der Waals surface area (Å²) in [6.45, 7) is 4.35. The minimum absolute atomic E-state index is 0. The highest BCUT2D eigenvalue weighted by atomic mass is 35.5. The van der Waals surface area contributed by atoms with Crippen molar-refractivity contribution in [3.8, 4) is 11.5 Å². The number of hydrogen-bond acceptors (Lipinski definition) is 5. The van der Waals surface area contributed by atoms with Crippen molar-refractivity contribution < 1.29 is 13.6 Å². The van der Waals surface area contributed by atoms with Gasteiger partial charge in [-0.2, -0.15) is 0 Å². The number of amides is 1. The van der Waals surface area contributed by atoms with Crippen LogP contribution in [0.5, 0.6) is 0 Å². The number of aromatic nitrogens is 1. The fourth-order valence-electron chi connectivity index (χ4n) is 4.07. The van der Waals surface area contributed by atoms with E-state index >= 15 is 0 Å². The molecule has 2 aromatic rings. The third-order valence-corrected chi connectivity index (χ3v) is 5.57. The molecule has 2 aliphatic heterocycles. The lowest BCUT2D eigenvalue weighted by atomic mass is 9.97. The number of carbonyl (C=O) groups is 1. The van der Waals surface area contributed by atoms with Crippen LogP contribution in [0.2, 0.25) is 0 Å². The van der Waals surface area contributed by atoms with Gasteiger partial charge in [-0.15, -0.1) is 12.4 Å². The summed E-state index contributed by atoms with van der Waals surface area (Å²) in [6, 6.07) is 6.14. The lowest BCUT2D eigenvalue weighted by Gasteiger charge is -2.32. The van der Waals surface area contributed by atoms with E-state index in [9.17, 15) is 9.18 Å². The van der Waals surface area contributed by atoms with Gasteiger partial charge in [-0.05, 0) is 69.0 Å². The molecule has 1 aromatic carbocycles. The first-order chi connectivity index (χ1) is 13.7. The van der Waals surface area contributed by atoms with Crippen molar-refractivity contribution in [3.05, 3.63) is 42.0 Å². The van der Waals surface area contributed by atoms with E-state index in [-0.39, 0.29) is 30.2 Å². The van der Waals surface area contributed by atoms with Gasteiger partial charge >= 0.3 is 0 Å². The number of piperidine rings is 1. The molecule has 158 valence electrons. The fourth-order valence-corrected chi connectivity index (χ4v) is 4.07. The third kappa shape index (κ3) is 5.78. The van der Waals surface area contributed by atoms with Gasteiger partial charge in [0, 0.05) is 25.2 Å². The van der Waals surface area contributed by atoms with Gasteiger partial charge in [0.1, 0.15) is 12.1 Å². The smallest absolute Gasteiger partial charge is 0.237 e. The molecular weight excluding hydrogens is 395 g/mol. The molecule has 2 unspecified atom stereocenters. The molecule has 3 heterocycles. The van der Waals surface area contributed by atoms with Crippen LogP contribution in [-0.2, 0) is 11.3 Å². The van der Waals surface area contributed by atoms with Gasteiger partial charge in [0.25, 0.3) is 0 Å². The summed E-state index contributed by atoms with van der Waals surface area (Å²) < 4.78 is 18.6. The highest BCUT2D eigenvalue weighted by Crippen LogP contribution is 2.22. The van der Waals surface area contributed by atoms with Gasteiger partial charge in [0.2, 0.25) is 11.8 Å². The summed E-state index contributed by atoms with van der Waals surface area (Å²) in [7, 11) is 0. The van der Waals surface area contributed by atoms with Crippen molar-refractivity contribution in [2.75, 3.05) is 26.2 Å². The molecule has 2 saturated heterocycles. The van der Waals surface area contributed by atoms with Gasteiger partial charge < -0.3 is 15.1 Å². The van der Waals surface area contributed by atoms with E-state index in [1.165, 1.54) is 12.1 Å². The zero-order chi connectivity index (χ0) is 19.3. The molecule has 2 aliphatic rings. The Morgan fingerprint density at radius 3 is 2.86 bits per heavy atom. The second-order valence-electron chi connectivity index (χ2n) is 7.79. The number of benzene rings is 1. The Balaban J connectivity index is 0.00000240. The number of halogens is 2. The molecule has 0 spiro atoms. The van der Waals surface area contributed by atoms with Gasteiger partial charge in [0.05, 0.1) is 11.7 Å². The van der Waals surface area contributed by atoms with Crippen LogP contribution in [-0.4, -0.2) is 48.0 Å². The Morgan fingerprint density at radius 2 is 2.10 bits per heavy atom. The number of rotatable bonds is 6. The average Bonchev–Trinajstić information content (AvgIpc) is 3.39. The van der Waals surface area contributed by atoms with Crippen LogP contribution in [0.15, 0.2) is 34.9 Å². The summed E-state index contributed by atoms with van der Waals surface area (Å²) >= 11 is 0. The van der Waals surface area contributed by atoms with E-state index in [1.807, 2.05) is 0 Å². The summed E-state index contributed by atoms with van der Waals surface area (Å²) in [5, 5.41) is 6.36. The lowest BCUT2D eigenvalue weighted by Crippen LogP contribution is -2.45. The molecule has 0 bridgehead atoms. The normalized spacial score (nSPS) is 22.2. The molecule has 2 atom stereocenters. The van der Waals surface area contributed by atoms with Gasteiger partial charge in [-0.1, -0.05) is 0 Å². The first-order valence-corrected chi connectivity index (χ1v) is 10.1. The average molecular weight is 423 g/mol. The van der Waals surface area contributed by atoms with Crippen molar-refractivity contribution in [1.29, 1.82) is 0 Å². The van der Waals surface area contributed by atoms with Gasteiger partial charge in [-0.3, -0.25) is 9.69 Å². The number of oxazole rings is 1. The van der Waals surface area contributed by atoms with Crippen molar-refractivity contribution in [2.24, 2.45) is 5.92 Å². The van der Waals surface area contributed by atoms with E-state index in [1.54, 1.807) is 18.4 Å². The number of hydrogen-bond donors (Lipinski definition) is 2. The summed E-state index contributed by atoms with van der Waals surface area (Å²) in [5.74, 6) is 0.836. The second-order valence-corrected chi connectivity index (χ2v) is 7.79. The molecule has 6 nitrogen and oxygen atoms in total. The second kappa shape index (κ2) is 10.2. The van der Waals surface area contributed by atoms with Crippen LogP contribution < -0.4 is 10.6 Å². The molecule has 4 rings (SSSR count).